The zero-order chi connectivity index (χ0) is 12.3. The number of aromatic amines is 2. The fourth-order valence-corrected chi connectivity index (χ4v) is 2.55. The SMILES string of the molecule is CSCCCNc1cc2[nH]c(=O)[nH]c2cc1Br. The van der Waals surface area contributed by atoms with Crippen molar-refractivity contribution in [2.45, 2.75) is 6.42 Å². The summed E-state index contributed by atoms with van der Waals surface area (Å²) in [7, 11) is 0. The number of hydrogen-bond donors (Lipinski definition) is 3. The first kappa shape index (κ1) is 12.6. The van der Waals surface area contributed by atoms with Crippen molar-refractivity contribution < 1.29 is 0 Å². The van der Waals surface area contributed by atoms with E-state index in [-0.39, 0.29) is 5.69 Å². The summed E-state index contributed by atoms with van der Waals surface area (Å²) in [5.41, 5.74) is 2.47. The third-order valence-corrected chi connectivity index (χ3v) is 3.80. The number of thioether (sulfide) groups is 1. The fourth-order valence-electron chi connectivity index (χ4n) is 1.63. The van der Waals surface area contributed by atoms with Crippen LogP contribution < -0.4 is 11.0 Å². The van der Waals surface area contributed by atoms with E-state index in [1.807, 2.05) is 23.9 Å². The largest absolute Gasteiger partial charge is 0.384 e. The van der Waals surface area contributed by atoms with Crippen molar-refractivity contribution in [2.24, 2.45) is 0 Å². The second-order valence-corrected chi connectivity index (χ2v) is 5.57. The molecule has 2 aromatic rings. The average molecular weight is 316 g/mol. The average Bonchev–Trinajstić information content (AvgIpc) is 2.63. The molecule has 0 saturated carbocycles. The molecule has 0 saturated heterocycles. The summed E-state index contributed by atoms with van der Waals surface area (Å²) in [5.74, 6) is 1.15. The molecule has 1 aromatic carbocycles. The zero-order valence-electron chi connectivity index (χ0n) is 9.47. The third-order valence-electron chi connectivity index (χ3n) is 2.44. The van der Waals surface area contributed by atoms with Gasteiger partial charge in [0.1, 0.15) is 0 Å². The van der Waals surface area contributed by atoms with E-state index >= 15 is 0 Å². The summed E-state index contributed by atoms with van der Waals surface area (Å²) < 4.78 is 0.962. The van der Waals surface area contributed by atoms with E-state index in [0.29, 0.717) is 0 Å². The summed E-state index contributed by atoms with van der Waals surface area (Å²) in [6.07, 6.45) is 3.22. The highest BCUT2D eigenvalue weighted by atomic mass is 79.9. The van der Waals surface area contributed by atoms with Crippen molar-refractivity contribution in [1.29, 1.82) is 0 Å². The predicted octanol–water partition coefficient (Wildman–Crippen LogP) is 2.78. The molecule has 0 unspecified atom stereocenters. The van der Waals surface area contributed by atoms with Crippen LogP contribution in [0.5, 0.6) is 0 Å². The quantitative estimate of drug-likeness (QED) is 0.743. The Bertz CT molecular complexity index is 563. The Labute approximate surface area is 112 Å². The molecule has 17 heavy (non-hydrogen) atoms. The van der Waals surface area contributed by atoms with Gasteiger partial charge in [0.15, 0.2) is 0 Å². The van der Waals surface area contributed by atoms with Gasteiger partial charge in [-0.25, -0.2) is 4.79 Å². The van der Waals surface area contributed by atoms with E-state index in [2.05, 4.69) is 37.5 Å². The van der Waals surface area contributed by atoms with Crippen LogP contribution in [0.25, 0.3) is 11.0 Å². The Hall–Kier alpha value is -0.880. The molecule has 1 heterocycles. The minimum atomic E-state index is -0.175. The van der Waals surface area contributed by atoms with Crippen molar-refractivity contribution >= 4 is 44.4 Å². The van der Waals surface area contributed by atoms with Crippen LogP contribution in [-0.2, 0) is 0 Å². The Kier molecular flexibility index (Phi) is 4.17. The van der Waals surface area contributed by atoms with E-state index in [1.54, 1.807) is 0 Å². The molecule has 0 amide bonds. The molecule has 1 aromatic heterocycles. The Morgan fingerprint density at radius 1 is 1.35 bits per heavy atom. The second-order valence-electron chi connectivity index (χ2n) is 3.73. The maximum atomic E-state index is 11.2. The summed E-state index contributed by atoms with van der Waals surface area (Å²) in [4.78, 5) is 16.6. The van der Waals surface area contributed by atoms with Crippen LogP contribution in [0.1, 0.15) is 6.42 Å². The van der Waals surface area contributed by atoms with Crippen LogP contribution in [0, 0.1) is 0 Å². The summed E-state index contributed by atoms with van der Waals surface area (Å²) >= 11 is 5.33. The minimum absolute atomic E-state index is 0.175. The number of halogens is 1. The van der Waals surface area contributed by atoms with E-state index in [0.717, 1.165) is 39.9 Å². The number of aromatic nitrogens is 2. The lowest BCUT2D eigenvalue weighted by molar-refractivity contribution is 0.992. The van der Waals surface area contributed by atoms with Gasteiger partial charge in [0, 0.05) is 11.0 Å². The number of H-pyrrole nitrogens is 2. The maximum absolute atomic E-state index is 11.2. The van der Waals surface area contributed by atoms with Crippen LogP contribution in [0.3, 0.4) is 0 Å². The highest BCUT2D eigenvalue weighted by molar-refractivity contribution is 9.10. The molecule has 92 valence electrons. The van der Waals surface area contributed by atoms with Crippen LogP contribution in [0.2, 0.25) is 0 Å². The topological polar surface area (TPSA) is 60.7 Å². The molecule has 0 bridgehead atoms. The first-order valence-corrected chi connectivity index (χ1v) is 7.54. The first-order chi connectivity index (χ1) is 8.20. The van der Waals surface area contributed by atoms with Gasteiger partial charge in [0.05, 0.1) is 16.7 Å². The number of benzene rings is 1. The lowest BCUT2D eigenvalue weighted by Gasteiger charge is -2.08. The normalized spacial score (nSPS) is 10.9. The van der Waals surface area contributed by atoms with Gasteiger partial charge in [-0.3, -0.25) is 0 Å². The molecule has 0 spiro atoms. The van der Waals surface area contributed by atoms with Gasteiger partial charge >= 0.3 is 5.69 Å². The minimum Gasteiger partial charge on any atom is -0.384 e. The smallest absolute Gasteiger partial charge is 0.323 e. The molecule has 0 fully saturated rings. The van der Waals surface area contributed by atoms with E-state index < -0.39 is 0 Å². The lowest BCUT2D eigenvalue weighted by atomic mass is 10.2. The Morgan fingerprint density at radius 2 is 2.06 bits per heavy atom. The highest BCUT2D eigenvalue weighted by Crippen LogP contribution is 2.26. The summed E-state index contributed by atoms with van der Waals surface area (Å²) in [6, 6.07) is 3.85. The predicted molar refractivity (Wildman–Crippen MR) is 78.1 cm³/mol. The molecular formula is C11H14BrN3OS. The second kappa shape index (κ2) is 5.64. The van der Waals surface area contributed by atoms with Gasteiger partial charge in [0.2, 0.25) is 0 Å². The van der Waals surface area contributed by atoms with Gasteiger partial charge < -0.3 is 15.3 Å². The standard InChI is InChI=1S/C11H14BrN3OS/c1-17-4-2-3-13-8-6-10-9(5-7(8)12)14-11(16)15-10/h5-6,13H,2-4H2,1H3,(H2,14,15,16). The number of anilines is 1. The van der Waals surface area contributed by atoms with E-state index in [9.17, 15) is 4.79 Å². The van der Waals surface area contributed by atoms with Gasteiger partial charge in [-0.15, -0.1) is 0 Å². The highest BCUT2D eigenvalue weighted by Gasteiger charge is 2.04. The third kappa shape index (κ3) is 3.07. The summed E-state index contributed by atoms with van der Waals surface area (Å²) in [5, 5.41) is 3.35. The zero-order valence-corrected chi connectivity index (χ0v) is 11.9. The van der Waals surface area contributed by atoms with Crippen molar-refractivity contribution in [2.75, 3.05) is 23.9 Å². The van der Waals surface area contributed by atoms with Gasteiger partial charge in [-0.2, -0.15) is 11.8 Å². The maximum Gasteiger partial charge on any atom is 0.323 e. The fraction of sp³-hybridized carbons (Fsp3) is 0.364. The van der Waals surface area contributed by atoms with Crippen LogP contribution in [0.4, 0.5) is 5.69 Å². The van der Waals surface area contributed by atoms with Crippen molar-refractivity contribution in [1.82, 2.24) is 9.97 Å². The molecule has 3 N–H and O–H groups in total. The van der Waals surface area contributed by atoms with Crippen molar-refractivity contribution in [3.8, 4) is 0 Å². The van der Waals surface area contributed by atoms with Crippen molar-refractivity contribution in [3.63, 3.8) is 0 Å². The lowest BCUT2D eigenvalue weighted by Crippen LogP contribution is -2.03. The molecule has 6 heteroatoms. The monoisotopic (exact) mass is 315 g/mol. The van der Waals surface area contributed by atoms with Crippen LogP contribution >= 0.6 is 27.7 Å². The van der Waals surface area contributed by atoms with Gasteiger partial charge in [0.25, 0.3) is 0 Å². The van der Waals surface area contributed by atoms with Crippen LogP contribution in [-0.4, -0.2) is 28.5 Å². The molecule has 0 atom stereocenters. The Balaban J connectivity index is 2.16. The molecule has 2 rings (SSSR count). The number of nitrogens with one attached hydrogen (secondary N) is 3. The number of rotatable bonds is 5. The summed E-state index contributed by atoms with van der Waals surface area (Å²) in [6.45, 7) is 0.930. The first-order valence-electron chi connectivity index (χ1n) is 5.35. The molecular weight excluding hydrogens is 302 g/mol. The van der Waals surface area contributed by atoms with Gasteiger partial charge in [-0.05, 0) is 46.5 Å². The van der Waals surface area contributed by atoms with Crippen molar-refractivity contribution in [3.05, 3.63) is 27.1 Å². The molecule has 0 aliphatic carbocycles. The van der Waals surface area contributed by atoms with Crippen LogP contribution in [0.15, 0.2) is 21.4 Å². The molecule has 0 radical (unpaired) electrons. The Morgan fingerprint density at radius 3 is 2.76 bits per heavy atom. The number of fused-ring (bicyclic) bond motifs is 1. The van der Waals surface area contributed by atoms with Gasteiger partial charge in [-0.1, -0.05) is 0 Å². The van der Waals surface area contributed by atoms with E-state index in [4.69, 9.17) is 0 Å². The molecule has 0 aliphatic heterocycles. The number of imidazole rings is 1. The molecule has 0 aliphatic rings. The molecule has 4 nitrogen and oxygen atoms in total. The van der Waals surface area contributed by atoms with E-state index in [1.165, 1.54) is 0 Å². The number of hydrogen-bond acceptors (Lipinski definition) is 3.